The number of piperidine rings is 1. The van der Waals surface area contributed by atoms with Crippen LogP contribution in [0.5, 0.6) is 0 Å². The number of nitrogens with zero attached hydrogens (tertiary/aromatic N) is 1. The topological polar surface area (TPSA) is 75.4 Å². The van der Waals surface area contributed by atoms with E-state index in [1.807, 2.05) is 23.1 Å². The number of hydrogen-bond donors (Lipinski definition) is 2. The molecule has 2 heterocycles. The Labute approximate surface area is 130 Å². The van der Waals surface area contributed by atoms with E-state index in [4.69, 9.17) is 5.73 Å². The lowest BCUT2D eigenvalue weighted by Gasteiger charge is -2.32. The van der Waals surface area contributed by atoms with E-state index in [-0.39, 0.29) is 11.8 Å². The van der Waals surface area contributed by atoms with Gasteiger partial charge in [0.2, 0.25) is 5.91 Å². The molecule has 1 fully saturated rings. The molecule has 0 saturated carbocycles. The predicted molar refractivity (Wildman–Crippen MR) is 85.7 cm³/mol. The Bertz CT molecular complexity index is 577. The number of likely N-dealkylation sites (tertiary alicyclic amines) is 1. The summed E-state index contributed by atoms with van der Waals surface area (Å²) < 4.78 is 0. The molecule has 2 amide bonds. The summed E-state index contributed by atoms with van der Waals surface area (Å²) in [5.41, 5.74) is 8.34. The third kappa shape index (κ3) is 3.08. The van der Waals surface area contributed by atoms with Gasteiger partial charge in [-0.1, -0.05) is 6.07 Å². The van der Waals surface area contributed by atoms with Crippen LogP contribution >= 0.6 is 0 Å². The van der Waals surface area contributed by atoms with Gasteiger partial charge >= 0.3 is 0 Å². The van der Waals surface area contributed by atoms with Crippen molar-refractivity contribution >= 4 is 17.5 Å². The summed E-state index contributed by atoms with van der Waals surface area (Å²) in [5, 5.41) is 3.37. The number of anilines is 1. The van der Waals surface area contributed by atoms with Crippen LogP contribution in [0.4, 0.5) is 5.69 Å². The number of nitrogens with one attached hydrogen (secondary N) is 1. The molecule has 3 rings (SSSR count). The smallest absolute Gasteiger partial charge is 0.254 e. The second-order valence-corrected chi connectivity index (χ2v) is 6.27. The van der Waals surface area contributed by atoms with Crippen molar-refractivity contribution in [1.82, 2.24) is 4.90 Å². The Morgan fingerprint density at radius 2 is 2.05 bits per heavy atom. The highest BCUT2D eigenvalue weighted by Crippen LogP contribution is 2.28. The van der Waals surface area contributed by atoms with Crippen molar-refractivity contribution in [3.05, 3.63) is 29.3 Å². The van der Waals surface area contributed by atoms with E-state index in [0.717, 1.165) is 49.0 Å². The fourth-order valence-corrected chi connectivity index (χ4v) is 3.51. The largest absolute Gasteiger partial charge is 0.385 e. The number of benzene rings is 1. The highest BCUT2D eigenvalue weighted by atomic mass is 16.2. The maximum Gasteiger partial charge on any atom is 0.254 e. The van der Waals surface area contributed by atoms with Crippen LogP contribution in [0.2, 0.25) is 0 Å². The molecule has 5 heteroatoms. The van der Waals surface area contributed by atoms with Gasteiger partial charge in [0.25, 0.3) is 5.91 Å². The molecule has 1 aromatic carbocycles. The summed E-state index contributed by atoms with van der Waals surface area (Å²) in [5.74, 6) is 0.207. The molecule has 2 aliphatic heterocycles. The Kier molecular flexibility index (Phi) is 4.32. The van der Waals surface area contributed by atoms with E-state index in [0.29, 0.717) is 25.4 Å². The zero-order valence-electron chi connectivity index (χ0n) is 12.8. The molecule has 5 nitrogen and oxygen atoms in total. The molecule has 3 N–H and O–H groups in total. The van der Waals surface area contributed by atoms with Crippen LogP contribution in [0, 0.1) is 5.92 Å². The van der Waals surface area contributed by atoms with Gasteiger partial charge in [-0.15, -0.1) is 0 Å². The van der Waals surface area contributed by atoms with Gasteiger partial charge in [0.05, 0.1) is 0 Å². The predicted octanol–water partition coefficient (Wildman–Crippen LogP) is 1.77. The van der Waals surface area contributed by atoms with E-state index in [1.165, 1.54) is 0 Å². The van der Waals surface area contributed by atoms with E-state index in [1.54, 1.807) is 0 Å². The summed E-state index contributed by atoms with van der Waals surface area (Å²) in [6, 6.07) is 5.93. The molecule has 1 saturated heterocycles. The van der Waals surface area contributed by atoms with Crippen LogP contribution < -0.4 is 11.1 Å². The number of amides is 2. The average Bonchev–Trinajstić information content (AvgIpc) is 2.54. The van der Waals surface area contributed by atoms with Gasteiger partial charge in [-0.05, 0) is 49.3 Å². The molecule has 0 atom stereocenters. The van der Waals surface area contributed by atoms with Crippen LogP contribution in [0.25, 0.3) is 0 Å². The molecule has 0 aliphatic carbocycles. The minimum absolute atomic E-state index is 0.123. The lowest BCUT2D eigenvalue weighted by Crippen LogP contribution is -2.39. The van der Waals surface area contributed by atoms with Crippen molar-refractivity contribution in [3.8, 4) is 0 Å². The SMILES string of the molecule is NC(=O)CC1CCN(C(=O)c2cccc3c2CCCN3)CC1. The molecule has 0 bridgehead atoms. The quantitative estimate of drug-likeness (QED) is 0.893. The molecular formula is C17H23N3O2. The van der Waals surface area contributed by atoms with Crippen LogP contribution in [0.15, 0.2) is 18.2 Å². The van der Waals surface area contributed by atoms with E-state index in [9.17, 15) is 9.59 Å². The Balaban J connectivity index is 1.69. The number of hydrogen-bond acceptors (Lipinski definition) is 3. The van der Waals surface area contributed by atoms with Crippen LogP contribution in [0.3, 0.4) is 0 Å². The van der Waals surface area contributed by atoms with Crippen molar-refractivity contribution in [2.24, 2.45) is 11.7 Å². The highest BCUT2D eigenvalue weighted by molar-refractivity contribution is 5.97. The zero-order chi connectivity index (χ0) is 15.5. The molecule has 0 aromatic heterocycles. The van der Waals surface area contributed by atoms with Gasteiger partial charge in [0.1, 0.15) is 0 Å². The normalized spacial score (nSPS) is 18.5. The fraction of sp³-hybridized carbons (Fsp3) is 0.529. The van der Waals surface area contributed by atoms with Crippen LogP contribution in [-0.2, 0) is 11.2 Å². The minimum atomic E-state index is -0.243. The molecule has 0 radical (unpaired) electrons. The Morgan fingerprint density at radius 1 is 1.27 bits per heavy atom. The first-order chi connectivity index (χ1) is 10.6. The van der Waals surface area contributed by atoms with Crippen molar-refractivity contribution in [3.63, 3.8) is 0 Å². The van der Waals surface area contributed by atoms with Gasteiger partial charge in [-0.3, -0.25) is 9.59 Å². The third-order valence-corrected chi connectivity index (χ3v) is 4.72. The Morgan fingerprint density at radius 3 is 2.77 bits per heavy atom. The van der Waals surface area contributed by atoms with Crippen molar-refractivity contribution < 1.29 is 9.59 Å². The standard InChI is InChI=1S/C17H23N3O2/c18-16(21)11-12-6-9-20(10-7-12)17(22)14-3-1-5-15-13(14)4-2-8-19-15/h1,3,5,12,19H,2,4,6-11H2,(H2,18,21). The first-order valence-corrected chi connectivity index (χ1v) is 8.08. The molecule has 22 heavy (non-hydrogen) atoms. The van der Waals surface area contributed by atoms with Gasteiger partial charge < -0.3 is 16.0 Å². The van der Waals surface area contributed by atoms with E-state index < -0.39 is 0 Å². The molecule has 118 valence electrons. The van der Waals surface area contributed by atoms with Gasteiger partial charge in [0.15, 0.2) is 0 Å². The fourth-order valence-electron chi connectivity index (χ4n) is 3.51. The first kappa shape index (κ1) is 14.9. The minimum Gasteiger partial charge on any atom is -0.385 e. The molecular weight excluding hydrogens is 278 g/mol. The summed E-state index contributed by atoms with van der Waals surface area (Å²) >= 11 is 0. The van der Waals surface area contributed by atoms with Crippen molar-refractivity contribution in [2.45, 2.75) is 32.1 Å². The number of carbonyl (C=O) groups excluding carboxylic acids is 2. The van der Waals surface area contributed by atoms with Gasteiger partial charge in [-0.2, -0.15) is 0 Å². The van der Waals surface area contributed by atoms with Crippen molar-refractivity contribution in [1.29, 1.82) is 0 Å². The van der Waals surface area contributed by atoms with E-state index in [2.05, 4.69) is 5.32 Å². The summed E-state index contributed by atoms with van der Waals surface area (Å²) in [7, 11) is 0. The maximum atomic E-state index is 12.8. The average molecular weight is 301 g/mol. The van der Waals surface area contributed by atoms with Gasteiger partial charge in [0, 0.05) is 37.3 Å². The second-order valence-electron chi connectivity index (χ2n) is 6.27. The number of nitrogens with two attached hydrogens (primary N) is 1. The van der Waals surface area contributed by atoms with Crippen molar-refractivity contribution in [2.75, 3.05) is 25.0 Å². The number of carbonyl (C=O) groups is 2. The van der Waals surface area contributed by atoms with Crippen LogP contribution in [-0.4, -0.2) is 36.3 Å². The number of fused-ring (bicyclic) bond motifs is 1. The summed E-state index contributed by atoms with van der Waals surface area (Å²) in [6.45, 7) is 2.41. The monoisotopic (exact) mass is 301 g/mol. The summed E-state index contributed by atoms with van der Waals surface area (Å²) in [4.78, 5) is 25.7. The molecule has 1 aromatic rings. The lowest BCUT2D eigenvalue weighted by atomic mass is 9.92. The lowest BCUT2D eigenvalue weighted by molar-refractivity contribution is -0.119. The number of primary amides is 1. The second kappa shape index (κ2) is 6.38. The summed E-state index contributed by atoms with van der Waals surface area (Å²) in [6.07, 6.45) is 4.19. The molecule has 2 aliphatic rings. The van der Waals surface area contributed by atoms with Gasteiger partial charge in [-0.25, -0.2) is 0 Å². The van der Waals surface area contributed by atoms with Crippen LogP contribution in [0.1, 0.15) is 41.6 Å². The number of rotatable bonds is 3. The third-order valence-electron chi connectivity index (χ3n) is 4.72. The Hall–Kier alpha value is -2.04. The first-order valence-electron chi connectivity index (χ1n) is 8.08. The van der Waals surface area contributed by atoms with E-state index >= 15 is 0 Å². The molecule has 0 unspecified atom stereocenters. The maximum absolute atomic E-state index is 12.8. The molecule has 0 spiro atoms. The highest BCUT2D eigenvalue weighted by Gasteiger charge is 2.26. The zero-order valence-corrected chi connectivity index (χ0v) is 12.8.